The number of methoxy groups -OCH3 is 1. The smallest absolute Gasteiger partial charge is 0.244 e. The fourth-order valence-electron chi connectivity index (χ4n) is 3.25. The second kappa shape index (κ2) is 7.40. The number of hydrogen-bond donors (Lipinski definition) is 1. The third-order valence-electron chi connectivity index (χ3n) is 4.64. The molecular weight excluding hydrogens is 364 g/mol. The number of H-pyrrole nitrogens is 1. The third kappa shape index (κ3) is 3.40. The van der Waals surface area contributed by atoms with Crippen LogP contribution in [0.3, 0.4) is 0 Å². The largest absolute Gasteiger partial charge is 0.497 e. The minimum absolute atomic E-state index is 0.100. The Morgan fingerprint density at radius 3 is 2.74 bits per heavy atom. The van der Waals surface area contributed by atoms with E-state index >= 15 is 0 Å². The van der Waals surface area contributed by atoms with Crippen molar-refractivity contribution in [2.75, 3.05) is 13.0 Å². The monoisotopic (exact) mass is 382 g/mol. The normalized spacial score (nSPS) is 16.6. The van der Waals surface area contributed by atoms with Crippen molar-refractivity contribution in [3.8, 4) is 5.75 Å². The molecule has 0 spiro atoms. The Morgan fingerprint density at radius 2 is 2.04 bits per heavy atom. The molecule has 7 heteroatoms. The number of fused-ring (bicyclic) bond motifs is 1. The number of aromatic amines is 1. The Balaban J connectivity index is 1.68. The van der Waals surface area contributed by atoms with Gasteiger partial charge in [-0.15, -0.1) is 11.6 Å². The lowest BCUT2D eigenvalue weighted by molar-refractivity contribution is -0.132. The molecule has 0 fully saturated rings. The number of imidazole rings is 1. The molecule has 4 rings (SSSR count). The standard InChI is InChI=1S/C20H19ClN4O2/c1-27-14-8-6-13(7-9-14)18-12-17(24-25(18)19(26)10-11-21)20-22-15-4-2-3-5-16(15)23-20/h2-9,18H,10-12H2,1H3,(H,22,23)/t18-/m1/s1. The summed E-state index contributed by atoms with van der Waals surface area (Å²) in [5, 5.41) is 6.12. The van der Waals surface area contributed by atoms with Crippen LogP contribution in [0.4, 0.5) is 0 Å². The van der Waals surface area contributed by atoms with E-state index < -0.39 is 0 Å². The minimum atomic E-state index is -0.185. The van der Waals surface area contributed by atoms with E-state index in [4.69, 9.17) is 16.3 Å². The van der Waals surface area contributed by atoms with E-state index in [2.05, 4.69) is 15.1 Å². The highest BCUT2D eigenvalue weighted by Gasteiger charge is 2.33. The van der Waals surface area contributed by atoms with Gasteiger partial charge in [0, 0.05) is 18.7 Å². The number of halogens is 1. The van der Waals surface area contributed by atoms with Gasteiger partial charge in [0.2, 0.25) is 5.91 Å². The van der Waals surface area contributed by atoms with Crippen molar-refractivity contribution >= 4 is 34.3 Å². The number of rotatable bonds is 5. The first-order valence-corrected chi connectivity index (χ1v) is 9.27. The lowest BCUT2D eigenvalue weighted by Crippen LogP contribution is -2.27. The van der Waals surface area contributed by atoms with Gasteiger partial charge in [-0.25, -0.2) is 9.99 Å². The highest BCUT2D eigenvalue weighted by atomic mass is 35.5. The van der Waals surface area contributed by atoms with Crippen LogP contribution in [0.15, 0.2) is 53.6 Å². The summed E-state index contributed by atoms with van der Waals surface area (Å²) in [6.45, 7) is 0. The molecule has 0 bridgehead atoms. The summed E-state index contributed by atoms with van der Waals surface area (Å²) in [5.74, 6) is 1.63. The first-order chi connectivity index (χ1) is 13.2. The average Bonchev–Trinajstić information content (AvgIpc) is 3.32. The van der Waals surface area contributed by atoms with Crippen LogP contribution >= 0.6 is 11.6 Å². The molecule has 3 aromatic rings. The van der Waals surface area contributed by atoms with Gasteiger partial charge in [-0.3, -0.25) is 4.79 Å². The van der Waals surface area contributed by atoms with E-state index in [0.29, 0.717) is 12.2 Å². The number of aromatic nitrogens is 2. The van der Waals surface area contributed by atoms with Gasteiger partial charge >= 0.3 is 0 Å². The van der Waals surface area contributed by atoms with Crippen molar-refractivity contribution in [1.82, 2.24) is 15.0 Å². The Morgan fingerprint density at radius 1 is 1.26 bits per heavy atom. The first-order valence-electron chi connectivity index (χ1n) is 8.74. The van der Waals surface area contributed by atoms with Crippen LogP contribution in [0, 0.1) is 0 Å². The molecule has 1 aliphatic rings. The van der Waals surface area contributed by atoms with Crippen molar-refractivity contribution in [1.29, 1.82) is 0 Å². The number of benzene rings is 2. The number of ether oxygens (including phenoxy) is 1. The maximum Gasteiger partial charge on any atom is 0.244 e. The minimum Gasteiger partial charge on any atom is -0.497 e. The number of hydrazone groups is 1. The SMILES string of the molecule is COc1ccc([C@H]2CC(c3nc4ccccc4[nH]3)=NN2C(=O)CCCl)cc1. The number of amides is 1. The zero-order chi connectivity index (χ0) is 18.8. The highest BCUT2D eigenvalue weighted by molar-refractivity contribution is 6.19. The second-order valence-electron chi connectivity index (χ2n) is 6.32. The molecule has 1 aromatic heterocycles. The van der Waals surface area contributed by atoms with Gasteiger partial charge in [0.15, 0.2) is 5.82 Å². The highest BCUT2D eigenvalue weighted by Crippen LogP contribution is 2.33. The van der Waals surface area contributed by atoms with Crippen molar-refractivity contribution in [2.24, 2.45) is 5.10 Å². The molecular formula is C20H19ClN4O2. The summed E-state index contributed by atoms with van der Waals surface area (Å²) in [7, 11) is 1.63. The van der Waals surface area contributed by atoms with E-state index in [1.807, 2.05) is 48.5 Å². The van der Waals surface area contributed by atoms with E-state index in [9.17, 15) is 4.79 Å². The number of alkyl halides is 1. The molecule has 0 aliphatic carbocycles. The summed E-state index contributed by atoms with van der Waals surface area (Å²) in [4.78, 5) is 20.5. The van der Waals surface area contributed by atoms with Gasteiger partial charge in [-0.05, 0) is 29.8 Å². The molecule has 2 heterocycles. The average molecular weight is 383 g/mol. The molecule has 1 atom stereocenters. The number of para-hydroxylation sites is 2. The summed E-state index contributed by atoms with van der Waals surface area (Å²) < 4.78 is 5.23. The number of carbonyl (C=O) groups is 1. The molecule has 1 N–H and O–H groups in total. The Labute approximate surface area is 161 Å². The zero-order valence-electron chi connectivity index (χ0n) is 14.9. The molecule has 2 aromatic carbocycles. The molecule has 1 aliphatic heterocycles. The van der Waals surface area contributed by atoms with Gasteiger partial charge in [-0.1, -0.05) is 24.3 Å². The molecule has 1 amide bonds. The Kier molecular flexibility index (Phi) is 4.81. The van der Waals surface area contributed by atoms with E-state index in [-0.39, 0.29) is 24.2 Å². The fraction of sp³-hybridized carbons (Fsp3) is 0.250. The summed E-state index contributed by atoms with van der Waals surface area (Å²) in [6, 6.07) is 15.3. The lowest BCUT2D eigenvalue weighted by Gasteiger charge is -2.21. The maximum absolute atomic E-state index is 12.6. The summed E-state index contributed by atoms with van der Waals surface area (Å²) >= 11 is 5.78. The number of nitrogens with zero attached hydrogens (tertiary/aromatic N) is 3. The van der Waals surface area contributed by atoms with E-state index in [1.165, 1.54) is 5.01 Å². The van der Waals surface area contributed by atoms with Gasteiger partial charge in [0.25, 0.3) is 0 Å². The summed E-state index contributed by atoms with van der Waals surface area (Å²) in [6.07, 6.45) is 0.825. The Hall–Kier alpha value is -2.86. The van der Waals surface area contributed by atoms with Crippen LogP contribution in [0.25, 0.3) is 11.0 Å². The first kappa shape index (κ1) is 17.5. The molecule has 0 radical (unpaired) electrons. The van der Waals surface area contributed by atoms with Crippen molar-refractivity contribution in [3.05, 3.63) is 59.9 Å². The molecule has 0 saturated heterocycles. The predicted molar refractivity (Wildman–Crippen MR) is 105 cm³/mol. The molecule has 0 unspecified atom stereocenters. The third-order valence-corrected chi connectivity index (χ3v) is 4.83. The number of hydrogen-bond acceptors (Lipinski definition) is 4. The summed E-state index contributed by atoms with van der Waals surface area (Å²) in [5.41, 5.74) is 3.58. The quantitative estimate of drug-likeness (QED) is 0.681. The van der Waals surface area contributed by atoms with Crippen molar-refractivity contribution in [3.63, 3.8) is 0 Å². The van der Waals surface area contributed by atoms with Crippen LogP contribution in [0.1, 0.15) is 30.3 Å². The van der Waals surface area contributed by atoms with Gasteiger partial charge in [-0.2, -0.15) is 5.10 Å². The molecule has 0 saturated carbocycles. The topological polar surface area (TPSA) is 70.6 Å². The van der Waals surface area contributed by atoms with Gasteiger partial charge < -0.3 is 9.72 Å². The number of nitrogens with one attached hydrogen (secondary N) is 1. The molecule has 27 heavy (non-hydrogen) atoms. The Bertz CT molecular complexity index is 964. The van der Waals surface area contributed by atoms with Crippen LogP contribution in [-0.2, 0) is 4.79 Å². The van der Waals surface area contributed by atoms with Crippen molar-refractivity contribution in [2.45, 2.75) is 18.9 Å². The van der Waals surface area contributed by atoms with E-state index in [1.54, 1.807) is 7.11 Å². The molecule has 138 valence electrons. The van der Waals surface area contributed by atoms with E-state index in [0.717, 1.165) is 28.1 Å². The van der Waals surface area contributed by atoms with Gasteiger partial charge in [0.05, 0.1) is 24.2 Å². The van der Waals surface area contributed by atoms with Crippen LogP contribution in [0.5, 0.6) is 5.75 Å². The van der Waals surface area contributed by atoms with Crippen molar-refractivity contribution < 1.29 is 9.53 Å². The maximum atomic E-state index is 12.6. The van der Waals surface area contributed by atoms with Gasteiger partial charge in [0.1, 0.15) is 11.5 Å². The fourth-order valence-corrected chi connectivity index (χ4v) is 3.42. The lowest BCUT2D eigenvalue weighted by atomic mass is 10.0. The van der Waals surface area contributed by atoms with Crippen LogP contribution < -0.4 is 4.74 Å². The number of carbonyl (C=O) groups excluding carboxylic acids is 1. The second-order valence-corrected chi connectivity index (χ2v) is 6.70. The molecule has 6 nitrogen and oxygen atoms in total. The zero-order valence-corrected chi connectivity index (χ0v) is 15.6. The van der Waals surface area contributed by atoms with Crippen LogP contribution in [0.2, 0.25) is 0 Å². The predicted octanol–water partition coefficient (Wildman–Crippen LogP) is 3.88. The van der Waals surface area contributed by atoms with Crippen LogP contribution in [-0.4, -0.2) is 39.6 Å².